The van der Waals surface area contributed by atoms with Crippen molar-refractivity contribution in [2.75, 3.05) is 26.8 Å². The molecule has 0 aliphatic carbocycles. The van der Waals surface area contributed by atoms with E-state index in [1.54, 1.807) is 7.11 Å². The number of methoxy groups -OCH3 is 1. The van der Waals surface area contributed by atoms with Gasteiger partial charge in [-0.3, -0.25) is 0 Å². The molecule has 2 nitrogen and oxygen atoms in total. The highest BCUT2D eigenvalue weighted by atomic mass is 19.4. The molecule has 0 amide bonds. The van der Waals surface area contributed by atoms with Gasteiger partial charge in [-0.1, -0.05) is 13.8 Å². The number of nitrogens with one attached hydrogen (secondary N) is 1. The van der Waals surface area contributed by atoms with Gasteiger partial charge in [-0.15, -0.1) is 0 Å². The topological polar surface area (TPSA) is 21.3 Å². The van der Waals surface area contributed by atoms with Crippen LogP contribution in [0.25, 0.3) is 0 Å². The van der Waals surface area contributed by atoms with Crippen molar-refractivity contribution in [2.45, 2.75) is 20.0 Å². The van der Waals surface area contributed by atoms with Crippen molar-refractivity contribution in [3.05, 3.63) is 0 Å². The Labute approximate surface area is 82.8 Å². The van der Waals surface area contributed by atoms with Gasteiger partial charge in [0.05, 0.1) is 6.54 Å². The molecule has 5 heteroatoms. The molecule has 0 radical (unpaired) electrons. The van der Waals surface area contributed by atoms with Crippen LogP contribution in [-0.4, -0.2) is 33.0 Å². The predicted molar refractivity (Wildman–Crippen MR) is 49.1 cm³/mol. The van der Waals surface area contributed by atoms with Crippen LogP contribution < -0.4 is 5.32 Å². The van der Waals surface area contributed by atoms with Crippen LogP contribution in [-0.2, 0) is 4.74 Å². The van der Waals surface area contributed by atoms with Gasteiger partial charge in [-0.25, -0.2) is 0 Å². The summed E-state index contributed by atoms with van der Waals surface area (Å²) in [6, 6.07) is 0. The molecule has 0 saturated carbocycles. The molecule has 0 bridgehead atoms. The normalized spacial score (nSPS) is 16.7. The second-order valence-electron chi connectivity index (χ2n) is 3.66. The van der Waals surface area contributed by atoms with Gasteiger partial charge in [-0.05, 0) is 18.4 Å². The summed E-state index contributed by atoms with van der Waals surface area (Å²) in [6.45, 7) is 3.90. The quantitative estimate of drug-likeness (QED) is 0.729. The first-order valence-corrected chi connectivity index (χ1v) is 4.63. The Kier molecular flexibility index (Phi) is 6.11. The van der Waals surface area contributed by atoms with E-state index in [-0.39, 0.29) is 11.8 Å². The van der Waals surface area contributed by atoms with E-state index in [2.05, 4.69) is 5.32 Å². The third-order valence-corrected chi connectivity index (χ3v) is 2.19. The maximum Gasteiger partial charge on any atom is 0.401 e. The number of hydrogen-bond acceptors (Lipinski definition) is 2. The molecule has 0 aromatic carbocycles. The molecule has 0 saturated heterocycles. The minimum Gasteiger partial charge on any atom is -0.384 e. The second-order valence-corrected chi connectivity index (χ2v) is 3.66. The second kappa shape index (κ2) is 6.24. The van der Waals surface area contributed by atoms with Gasteiger partial charge in [0.15, 0.2) is 0 Å². The fourth-order valence-electron chi connectivity index (χ4n) is 1.07. The molecule has 0 aliphatic rings. The minimum absolute atomic E-state index is 0.178. The number of ether oxygens (including phenoxy) is 1. The molecule has 0 heterocycles. The standard InChI is InChI=1S/C9H18F3NO/c1-7(8(2)5-14-3)4-13-6-9(10,11)12/h7-8,13H,4-6H2,1-3H3. The summed E-state index contributed by atoms with van der Waals surface area (Å²) in [6.07, 6.45) is -4.12. The lowest BCUT2D eigenvalue weighted by Crippen LogP contribution is -2.34. The summed E-state index contributed by atoms with van der Waals surface area (Å²) < 4.78 is 40.2. The van der Waals surface area contributed by atoms with Crippen LogP contribution in [0.3, 0.4) is 0 Å². The van der Waals surface area contributed by atoms with E-state index in [9.17, 15) is 13.2 Å². The summed E-state index contributed by atoms with van der Waals surface area (Å²) in [5, 5.41) is 2.38. The molecule has 86 valence electrons. The fraction of sp³-hybridized carbons (Fsp3) is 1.00. The summed E-state index contributed by atoms with van der Waals surface area (Å²) in [5.74, 6) is 0.443. The molecule has 1 N–H and O–H groups in total. The third kappa shape index (κ3) is 7.15. The zero-order valence-electron chi connectivity index (χ0n) is 8.82. The third-order valence-electron chi connectivity index (χ3n) is 2.19. The molecule has 0 rings (SSSR count). The van der Waals surface area contributed by atoms with Gasteiger partial charge in [0.1, 0.15) is 0 Å². The van der Waals surface area contributed by atoms with Crippen molar-refractivity contribution >= 4 is 0 Å². The molecule has 2 atom stereocenters. The zero-order chi connectivity index (χ0) is 11.2. The number of rotatable bonds is 6. The first kappa shape index (κ1) is 13.7. The predicted octanol–water partition coefficient (Wildman–Crippen LogP) is 2.06. The van der Waals surface area contributed by atoms with Gasteiger partial charge in [-0.2, -0.15) is 13.2 Å². The van der Waals surface area contributed by atoms with Crippen molar-refractivity contribution in [3.8, 4) is 0 Å². The fourth-order valence-corrected chi connectivity index (χ4v) is 1.07. The molecule has 0 aliphatic heterocycles. The lowest BCUT2D eigenvalue weighted by Gasteiger charge is -2.19. The van der Waals surface area contributed by atoms with Crippen molar-refractivity contribution in [1.82, 2.24) is 5.32 Å². The zero-order valence-corrected chi connectivity index (χ0v) is 8.82. The molecule has 0 aromatic rings. The average Bonchev–Trinajstić information content (AvgIpc) is 2.02. The van der Waals surface area contributed by atoms with E-state index in [1.807, 2.05) is 13.8 Å². The summed E-state index contributed by atoms with van der Waals surface area (Å²) in [7, 11) is 1.59. The first-order valence-electron chi connectivity index (χ1n) is 4.63. The molecule has 2 unspecified atom stereocenters. The van der Waals surface area contributed by atoms with Crippen LogP contribution in [0.1, 0.15) is 13.8 Å². The first-order chi connectivity index (χ1) is 6.37. The highest BCUT2D eigenvalue weighted by Crippen LogP contribution is 2.14. The van der Waals surface area contributed by atoms with E-state index >= 15 is 0 Å². The van der Waals surface area contributed by atoms with Gasteiger partial charge >= 0.3 is 6.18 Å². The lowest BCUT2D eigenvalue weighted by molar-refractivity contribution is -0.125. The minimum atomic E-state index is -4.12. The summed E-state index contributed by atoms with van der Waals surface area (Å²) in [5.41, 5.74) is 0. The van der Waals surface area contributed by atoms with E-state index in [1.165, 1.54) is 0 Å². The Morgan fingerprint density at radius 1 is 1.21 bits per heavy atom. The van der Waals surface area contributed by atoms with Gasteiger partial charge in [0.25, 0.3) is 0 Å². The summed E-state index contributed by atoms with van der Waals surface area (Å²) >= 11 is 0. The van der Waals surface area contributed by atoms with Crippen molar-refractivity contribution in [1.29, 1.82) is 0 Å². The molecule has 0 aromatic heterocycles. The molecule has 0 spiro atoms. The summed E-state index contributed by atoms with van der Waals surface area (Å²) in [4.78, 5) is 0. The van der Waals surface area contributed by atoms with E-state index in [0.717, 1.165) is 0 Å². The van der Waals surface area contributed by atoms with Gasteiger partial charge in [0, 0.05) is 13.7 Å². The maximum atomic E-state index is 11.8. The Morgan fingerprint density at radius 3 is 2.21 bits per heavy atom. The van der Waals surface area contributed by atoms with E-state index < -0.39 is 12.7 Å². The van der Waals surface area contributed by atoms with Crippen molar-refractivity contribution < 1.29 is 17.9 Å². The number of hydrogen-bond donors (Lipinski definition) is 1. The van der Waals surface area contributed by atoms with Crippen LogP contribution in [0.5, 0.6) is 0 Å². The maximum absolute atomic E-state index is 11.8. The Balaban J connectivity index is 3.58. The highest BCUT2D eigenvalue weighted by molar-refractivity contribution is 4.65. The highest BCUT2D eigenvalue weighted by Gasteiger charge is 2.26. The van der Waals surface area contributed by atoms with Crippen molar-refractivity contribution in [2.24, 2.45) is 11.8 Å². The molecule has 0 fully saturated rings. The number of alkyl halides is 3. The van der Waals surface area contributed by atoms with Crippen LogP contribution in [0.4, 0.5) is 13.2 Å². The SMILES string of the molecule is COCC(C)C(C)CNCC(F)(F)F. The monoisotopic (exact) mass is 213 g/mol. The van der Waals surface area contributed by atoms with E-state index in [4.69, 9.17) is 4.74 Å². The lowest BCUT2D eigenvalue weighted by atomic mass is 9.97. The average molecular weight is 213 g/mol. The molecule has 14 heavy (non-hydrogen) atoms. The van der Waals surface area contributed by atoms with E-state index in [0.29, 0.717) is 13.2 Å². The largest absolute Gasteiger partial charge is 0.401 e. The van der Waals surface area contributed by atoms with Gasteiger partial charge in [0.2, 0.25) is 0 Å². The Morgan fingerprint density at radius 2 is 1.79 bits per heavy atom. The van der Waals surface area contributed by atoms with Gasteiger partial charge < -0.3 is 10.1 Å². The number of halogens is 3. The van der Waals surface area contributed by atoms with Crippen LogP contribution in [0.2, 0.25) is 0 Å². The smallest absolute Gasteiger partial charge is 0.384 e. The van der Waals surface area contributed by atoms with Crippen LogP contribution in [0, 0.1) is 11.8 Å². The van der Waals surface area contributed by atoms with Crippen LogP contribution >= 0.6 is 0 Å². The van der Waals surface area contributed by atoms with Crippen LogP contribution in [0.15, 0.2) is 0 Å². The Hall–Kier alpha value is -0.290. The molecular formula is C9H18F3NO. The van der Waals surface area contributed by atoms with Crippen molar-refractivity contribution in [3.63, 3.8) is 0 Å². The Bertz CT molecular complexity index is 149. The molecular weight excluding hydrogens is 195 g/mol.